The average molecular weight is 291 g/mol. The summed E-state index contributed by atoms with van der Waals surface area (Å²) in [6, 6.07) is 5.00. The van der Waals surface area contributed by atoms with Gasteiger partial charge < -0.3 is 14.6 Å². The number of nitrogens with zero attached hydrogens (tertiary/aromatic N) is 2. The van der Waals surface area contributed by atoms with E-state index in [1.807, 2.05) is 6.20 Å². The van der Waals surface area contributed by atoms with Crippen LogP contribution in [-0.4, -0.2) is 35.4 Å². The van der Waals surface area contributed by atoms with E-state index < -0.39 is 0 Å². The Morgan fingerprint density at radius 2 is 2.50 bits per heavy atom. The molecule has 0 amide bonds. The number of nitrogens with one attached hydrogen (secondary N) is 1. The molecule has 1 fully saturated rings. The molecule has 2 atom stereocenters. The Balaban J connectivity index is 1.85. The molecule has 0 aromatic carbocycles. The highest BCUT2D eigenvalue weighted by atomic mass is 32.1. The molecule has 1 aliphatic rings. The lowest BCUT2D eigenvalue weighted by atomic mass is 10.0. The van der Waals surface area contributed by atoms with Gasteiger partial charge in [0, 0.05) is 25.0 Å². The normalized spacial score (nSPS) is 23.1. The second-order valence-electron chi connectivity index (χ2n) is 5.13. The molecule has 3 heterocycles. The summed E-state index contributed by atoms with van der Waals surface area (Å²) in [6.07, 6.45) is 6.19. The lowest BCUT2D eigenvalue weighted by molar-refractivity contribution is 0.0377. The second-order valence-corrected chi connectivity index (χ2v) is 6.07. The van der Waals surface area contributed by atoms with Gasteiger partial charge in [-0.2, -0.15) is 0 Å². The molecule has 1 N–H and O–H groups in total. The van der Waals surface area contributed by atoms with Gasteiger partial charge in [0.2, 0.25) is 0 Å². The first-order valence-electron chi connectivity index (χ1n) is 7.28. The molecule has 0 spiro atoms. The molecular formula is C15H21N3OS. The van der Waals surface area contributed by atoms with Crippen molar-refractivity contribution in [2.45, 2.75) is 31.8 Å². The molecular weight excluding hydrogens is 270 g/mol. The summed E-state index contributed by atoms with van der Waals surface area (Å²) in [5.41, 5.74) is 0. The summed E-state index contributed by atoms with van der Waals surface area (Å²) < 4.78 is 7.98. The first kappa shape index (κ1) is 13.8. The number of hydrogen-bond donors (Lipinski definition) is 1. The van der Waals surface area contributed by atoms with Gasteiger partial charge in [0.25, 0.3) is 0 Å². The maximum Gasteiger partial charge on any atom is 0.150 e. The number of aromatic nitrogens is 2. The monoisotopic (exact) mass is 291 g/mol. The maximum atomic E-state index is 5.70. The third kappa shape index (κ3) is 2.80. The standard InChI is InChI=1S/C15H21N3OS/c1-2-6-16-12-5-9-19-11-13(12)18-8-7-17-15(18)14-4-3-10-20-14/h3-4,7-8,10,12-13,16H,2,5-6,9,11H2,1H3. The fourth-order valence-electron chi connectivity index (χ4n) is 2.74. The Morgan fingerprint density at radius 3 is 3.30 bits per heavy atom. The van der Waals surface area contributed by atoms with Gasteiger partial charge in [-0.25, -0.2) is 4.98 Å². The van der Waals surface area contributed by atoms with E-state index in [1.165, 1.54) is 4.88 Å². The van der Waals surface area contributed by atoms with Crippen LogP contribution in [0.3, 0.4) is 0 Å². The summed E-state index contributed by atoms with van der Waals surface area (Å²) in [4.78, 5) is 5.76. The third-order valence-corrected chi connectivity index (χ3v) is 4.62. The Hall–Kier alpha value is -1.17. The first-order chi connectivity index (χ1) is 9.90. The molecule has 2 aromatic rings. The van der Waals surface area contributed by atoms with E-state index in [4.69, 9.17) is 4.74 Å². The topological polar surface area (TPSA) is 39.1 Å². The minimum atomic E-state index is 0.329. The molecule has 0 aliphatic carbocycles. The van der Waals surface area contributed by atoms with Crippen LogP contribution in [0.15, 0.2) is 29.9 Å². The van der Waals surface area contributed by atoms with Crippen molar-refractivity contribution in [1.29, 1.82) is 0 Å². The van der Waals surface area contributed by atoms with Crippen molar-refractivity contribution in [3.05, 3.63) is 29.9 Å². The van der Waals surface area contributed by atoms with E-state index in [0.717, 1.165) is 38.4 Å². The van der Waals surface area contributed by atoms with Crippen molar-refractivity contribution in [2.24, 2.45) is 0 Å². The zero-order valence-electron chi connectivity index (χ0n) is 11.8. The van der Waals surface area contributed by atoms with Crippen molar-refractivity contribution >= 4 is 11.3 Å². The maximum absolute atomic E-state index is 5.70. The predicted molar refractivity (Wildman–Crippen MR) is 82.1 cm³/mol. The fourth-order valence-corrected chi connectivity index (χ4v) is 3.47. The van der Waals surface area contributed by atoms with Crippen LogP contribution < -0.4 is 5.32 Å². The summed E-state index contributed by atoms with van der Waals surface area (Å²) in [7, 11) is 0. The van der Waals surface area contributed by atoms with Crippen LogP contribution in [0.2, 0.25) is 0 Å². The molecule has 5 heteroatoms. The van der Waals surface area contributed by atoms with Gasteiger partial charge in [-0.3, -0.25) is 0 Å². The molecule has 0 radical (unpaired) electrons. The third-order valence-electron chi connectivity index (χ3n) is 3.75. The quantitative estimate of drug-likeness (QED) is 0.920. The van der Waals surface area contributed by atoms with E-state index in [0.29, 0.717) is 12.1 Å². The number of imidazole rings is 1. The zero-order chi connectivity index (χ0) is 13.8. The van der Waals surface area contributed by atoms with Crippen LogP contribution in [0.1, 0.15) is 25.8 Å². The zero-order valence-corrected chi connectivity index (χ0v) is 12.6. The lowest BCUT2D eigenvalue weighted by Gasteiger charge is -2.34. The minimum Gasteiger partial charge on any atom is -0.379 e. The van der Waals surface area contributed by atoms with Gasteiger partial charge in [-0.15, -0.1) is 11.3 Å². The van der Waals surface area contributed by atoms with Crippen molar-refractivity contribution in [3.63, 3.8) is 0 Å². The fraction of sp³-hybridized carbons (Fsp3) is 0.533. The molecule has 3 rings (SSSR count). The Labute approximate surface area is 123 Å². The van der Waals surface area contributed by atoms with Crippen LogP contribution in [0.4, 0.5) is 0 Å². The highest BCUT2D eigenvalue weighted by Crippen LogP contribution is 2.29. The molecule has 108 valence electrons. The Bertz CT molecular complexity index is 523. The molecule has 0 saturated carbocycles. The van der Waals surface area contributed by atoms with E-state index in [-0.39, 0.29) is 0 Å². The largest absolute Gasteiger partial charge is 0.379 e. The molecule has 2 unspecified atom stereocenters. The molecule has 4 nitrogen and oxygen atoms in total. The number of hydrogen-bond acceptors (Lipinski definition) is 4. The van der Waals surface area contributed by atoms with Crippen molar-refractivity contribution < 1.29 is 4.74 Å². The minimum absolute atomic E-state index is 0.329. The molecule has 20 heavy (non-hydrogen) atoms. The van der Waals surface area contributed by atoms with Crippen LogP contribution in [0, 0.1) is 0 Å². The molecule has 0 bridgehead atoms. The smallest absolute Gasteiger partial charge is 0.150 e. The number of ether oxygens (including phenoxy) is 1. The van der Waals surface area contributed by atoms with E-state index in [1.54, 1.807) is 11.3 Å². The number of rotatable bonds is 5. The Morgan fingerprint density at radius 1 is 1.55 bits per heavy atom. The number of thiophene rings is 1. The van der Waals surface area contributed by atoms with Crippen LogP contribution >= 0.6 is 11.3 Å². The SMILES string of the molecule is CCCNC1CCOCC1n1ccnc1-c1cccs1. The van der Waals surface area contributed by atoms with Crippen molar-refractivity contribution in [3.8, 4) is 10.7 Å². The highest BCUT2D eigenvalue weighted by Gasteiger charge is 2.28. The Kier molecular flexibility index (Phi) is 4.50. The average Bonchev–Trinajstić information content (AvgIpc) is 3.15. The van der Waals surface area contributed by atoms with Crippen molar-refractivity contribution in [2.75, 3.05) is 19.8 Å². The van der Waals surface area contributed by atoms with Gasteiger partial charge in [0.15, 0.2) is 0 Å². The van der Waals surface area contributed by atoms with Crippen LogP contribution in [0.25, 0.3) is 10.7 Å². The van der Waals surface area contributed by atoms with Crippen molar-refractivity contribution in [1.82, 2.24) is 14.9 Å². The lowest BCUT2D eigenvalue weighted by Crippen LogP contribution is -2.44. The summed E-state index contributed by atoms with van der Waals surface area (Å²) in [5, 5.41) is 5.75. The summed E-state index contributed by atoms with van der Waals surface area (Å²) in [5.74, 6) is 1.05. The molecule has 1 saturated heterocycles. The molecule has 1 aliphatic heterocycles. The van der Waals surface area contributed by atoms with E-state index in [9.17, 15) is 0 Å². The predicted octanol–water partition coefficient (Wildman–Crippen LogP) is 2.94. The van der Waals surface area contributed by atoms with Gasteiger partial charge in [0.1, 0.15) is 5.82 Å². The molecule has 2 aromatic heterocycles. The summed E-state index contributed by atoms with van der Waals surface area (Å²) >= 11 is 1.73. The first-order valence-corrected chi connectivity index (χ1v) is 8.16. The van der Waals surface area contributed by atoms with E-state index >= 15 is 0 Å². The van der Waals surface area contributed by atoms with Gasteiger partial charge in [0.05, 0.1) is 17.5 Å². The van der Waals surface area contributed by atoms with Gasteiger partial charge in [-0.1, -0.05) is 13.0 Å². The van der Waals surface area contributed by atoms with Crippen LogP contribution in [-0.2, 0) is 4.74 Å². The van der Waals surface area contributed by atoms with Crippen LogP contribution in [0.5, 0.6) is 0 Å². The highest BCUT2D eigenvalue weighted by molar-refractivity contribution is 7.13. The van der Waals surface area contributed by atoms with Gasteiger partial charge in [-0.05, 0) is 30.8 Å². The summed E-state index contributed by atoms with van der Waals surface area (Å²) in [6.45, 7) is 4.87. The van der Waals surface area contributed by atoms with Gasteiger partial charge >= 0.3 is 0 Å². The van der Waals surface area contributed by atoms with E-state index in [2.05, 4.69) is 45.5 Å². The second kappa shape index (κ2) is 6.52.